The molecule has 0 fully saturated rings. The average molecular weight is 518 g/mol. The van der Waals surface area contributed by atoms with Crippen molar-refractivity contribution in [3.63, 3.8) is 0 Å². The van der Waals surface area contributed by atoms with Crippen LogP contribution in [0.5, 0.6) is 5.75 Å². The summed E-state index contributed by atoms with van der Waals surface area (Å²) in [6.45, 7) is 7.69. The highest BCUT2D eigenvalue weighted by atomic mass is 19.4. The number of ether oxygens (including phenoxy) is 1. The maximum atomic E-state index is 13.5. The van der Waals surface area contributed by atoms with Crippen LogP contribution in [0.15, 0.2) is 36.4 Å². The van der Waals surface area contributed by atoms with Crippen molar-refractivity contribution >= 4 is 35.7 Å². The van der Waals surface area contributed by atoms with Crippen molar-refractivity contribution in [2.24, 2.45) is 0 Å². The Morgan fingerprint density at radius 1 is 1.05 bits per heavy atom. The molecule has 37 heavy (non-hydrogen) atoms. The Labute approximate surface area is 211 Å². The number of halogens is 3. The molecule has 0 radical (unpaired) electrons. The number of rotatable bonds is 7. The van der Waals surface area contributed by atoms with Gasteiger partial charge in [-0.2, -0.15) is 0 Å². The van der Waals surface area contributed by atoms with E-state index in [1.165, 1.54) is 18.2 Å². The number of anilines is 1. The molecule has 1 heterocycles. The molecule has 0 aromatic heterocycles. The number of hydrogen-bond acceptors (Lipinski definition) is 4. The number of benzene rings is 2. The van der Waals surface area contributed by atoms with E-state index < -0.39 is 29.5 Å². The van der Waals surface area contributed by atoms with E-state index in [1.54, 1.807) is 24.8 Å². The van der Waals surface area contributed by atoms with E-state index in [-0.39, 0.29) is 29.0 Å². The first-order valence-electron chi connectivity index (χ1n) is 11.3. The fourth-order valence-electron chi connectivity index (χ4n) is 4.45. The van der Waals surface area contributed by atoms with E-state index in [4.69, 9.17) is 10.2 Å². The number of carbonyl (C=O) groups is 3. The van der Waals surface area contributed by atoms with Crippen molar-refractivity contribution in [1.82, 2.24) is 0 Å². The minimum absolute atomic E-state index is 0.0397. The number of aliphatic carboxylic acids is 2. The van der Waals surface area contributed by atoms with Crippen molar-refractivity contribution in [2.45, 2.75) is 45.9 Å². The van der Waals surface area contributed by atoms with Crippen LogP contribution in [0.4, 0.5) is 18.9 Å². The van der Waals surface area contributed by atoms with Crippen LogP contribution in [-0.2, 0) is 19.8 Å². The molecule has 0 bridgehead atoms. The lowest BCUT2D eigenvalue weighted by Crippen LogP contribution is -2.41. The minimum Gasteiger partial charge on any atom is -0.478 e. The van der Waals surface area contributed by atoms with E-state index in [1.807, 2.05) is 19.9 Å². The van der Waals surface area contributed by atoms with Gasteiger partial charge in [0, 0.05) is 47.3 Å². The zero-order valence-electron chi connectivity index (χ0n) is 20.6. The lowest BCUT2D eigenvalue weighted by Gasteiger charge is -2.39. The van der Waals surface area contributed by atoms with Gasteiger partial charge in [-0.15, -0.1) is 13.2 Å². The van der Waals surface area contributed by atoms with Gasteiger partial charge in [0.2, 0.25) is 5.91 Å². The van der Waals surface area contributed by atoms with E-state index in [2.05, 4.69) is 4.74 Å². The van der Waals surface area contributed by atoms with Gasteiger partial charge in [0.05, 0.1) is 0 Å². The maximum absolute atomic E-state index is 13.5. The lowest BCUT2D eigenvalue weighted by atomic mass is 9.75. The molecule has 0 saturated heterocycles. The molecule has 0 saturated carbocycles. The molecule has 1 amide bonds. The predicted molar refractivity (Wildman–Crippen MR) is 132 cm³/mol. The van der Waals surface area contributed by atoms with E-state index in [9.17, 15) is 27.6 Å². The molecule has 0 aliphatic carbocycles. The molecule has 2 N–H and O–H groups in total. The van der Waals surface area contributed by atoms with Crippen molar-refractivity contribution in [3.05, 3.63) is 58.7 Å². The van der Waals surface area contributed by atoms with Crippen LogP contribution in [0.25, 0.3) is 23.3 Å². The molecule has 7 nitrogen and oxygen atoms in total. The maximum Gasteiger partial charge on any atom is 0.573 e. The van der Waals surface area contributed by atoms with Crippen LogP contribution >= 0.6 is 0 Å². The summed E-state index contributed by atoms with van der Waals surface area (Å²) >= 11 is 0. The topological polar surface area (TPSA) is 104 Å². The van der Waals surface area contributed by atoms with Crippen LogP contribution in [-0.4, -0.2) is 41.0 Å². The monoisotopic (exact) mass is 517 g/mol. The normalized spacial score (nSPS) is 15.3. The largest absolute Gasteiger partial charge is 0.573 e. The zero-order valence-corrected chi connectivity index (χ0v) is 20.6. The predicted octanol–water partition coefficient (Wildman–Crippen LogP) is 5.79. The molecule has 2 aromatic rings. The summed E-state index contributed by atoms with van der Waals surface area (Å²) in [4.78, 5) is 36.6. The summed E-state index contributed by atoms with van der Waals surface area (Å²) in [6, 6.07) is 5.98. The highest BCUT2D eigenvalue weighted by Gasteiger charge is 2.38. The average Bonchev–Trinajstić information content (AvgIpc) is 2.76. The number of amides is 1. The van der Waals surface area contributed by atoms with Crippen LogP contribution in [0.3, 0.4) is 0 Å². The summed E-state index contributed by atoms with van der Waals surface area (Å²) in [6.07, 6.45) is -1.23. The third-order valence-electron chi connectivity index (χ3n) is 6.04. The number of nitrogens with zero attached hydrogens (tertiary/aromatic N) is 1. The molecule has 0 spiro atoms. The van der Waals surface area contributed by atoms with Crippen LogP contribution in [0, 0.1) is 6.92 Å². The third kappa shape index (κ3) is 6.19. The number of hydrogen-bond donors (Lipinski definition) is 2. The second-order valence-corrected chi connectivity index (χ2v) is 9.26. The molecule has 3 rings (SSSR count). The minimum atomic E-state index is -5.10. The number of fused-ring (bicyclic) bond motifs is 1. The first-order chi connectivity index (χ1) is 17.1. The molecule has 196 valence electrons. The van der Waals surface area contributed by atoms with Crippen LogP contribution < -0.4 is 9.64 Å². The number of carboxylic acids is 2. The third-order valence-corrected chi connectivity index (χ3v) is 6.04. The molecule has 10 heteroatoms. The Kier molecular flexibility index (Phi) is 7.52. The van der Waals surface area contributed by atoms with Gasteiger partial charge >= 0.3 is 18.3 Å². The summed E-state index contributed by atoms with van der Waals surface area (Å²) in [5.41, 5.74) is 1.77. The summed E-state index contributed by atoms with van der Waals surface area (Å²) in [5, 5.41) is 18.1. The van der Waals surface area contributed by atoms with Gasteiger partial charge in [-0.05, 0) is 66.5 Å². The Hall–Kier alpha value is -4.08. The van der Waals surface area contributed by atoms with Gasteiger partial charge in [-0.25, -0.2) is 9.59 Å². The Morgan fingerprint density at radius 2 is 1.68 bits per heavy atom. The second-order valence-electron chi connectivity index (χ2n) is 9.26. The number of alkyl halides is 3. The van der Waals surface area contributed by atoms with Gasteiger partial charge in [0.15, 0.2) is 0 Å². The standard InChI is InChI=1S/C27H26F3NO6/c1-5-31-21-13-18(15(2)10-20(21)26(3,4)14-22(31)32)19-12-16(6-8-23(33)34)11-17(7-9-24(35)36)25(19)37-27(28,29)30/h6-13H,5,14H2,1-4H3,(H,33,34)(H,35,36). The van der Waals surface area contributed by atoms with Crippen molar-refractivity contribution in [3.8, 4) is 16.9 Å². The molecule has 2 aromatic carbocycles. The lowest BCUT2D eigenvalue weighted by molar-refractivity contribution is -0.274. The fraction of sp³-hybridized carbons (Fsp3) is 0.296. The molecular weight excluding hydrogens is 491 g/mol. The summed E-state index contributed by atoms with van der Waals surface area (Å²) < 4.78 is 44.9. The summed E-state index contributed by atoms with van der Waals surface area (Å²) in [5.74, 6) is -3.44. The highest BCUT2D eigenvalue weighted by Crippen LogP contribution is 2.46. The Morgan fingerprint density at radius 3 is 2.24 bits per heavy atom. The van der Waals surface area contributed by atoms with Crippen LogP contribution in [0.1, 0.15) is 49.4 Å². The second kappa shape index (κ2) is 10.1. The Balaban J connectivity index is 2.41. The van der Waals surface area contributed by atoms with E-state index in [0.29, 0.717) is 29.4 Å². The van der Waals surface area contributed by atoms with Crippen molar-refractivity contribution in [2.75, 3.05) is 11.4 Å². The molecule has 1 aliphatic rings. The van der Waals surface area contributed by atoms with E-state index >= 15 is 0 Å². The van der Waals surface area contributed by atoms with E-state index in [0.717, 1.165) is 17.7 Å². The van der Waals surface area contributed by atoms with Gasteiger partial charge in [0.1, 0.15) is 5.75 Å². The van der Waals surface area contributed by atoms with Crippen LogP contribution in [0.2, 0.25) is 0 Å². The highest BCUT2D eigenvalue weighted by molar-refractivity contribution is 5.99. The first kappa shape index (κ1) is 27.5. The summed E-state index contributed by atoms with van der Waals surface area (Å²) in [7, 11) is 0. The fourth-order valence-corrected chi connectivity index (χ4v) is 4.45. The molecule has 1 aliphatic heterocycles. The number of carboxylic acid groups (broad SMARTS) is 2. The van der Waals surface area contributed by atoms with Gasteiger partial charge in [-0.3, -0.25) is 4.79 Å². The SMILES string of the molecule is CCN1C(=O)CC(C)(C)c2cc(C)c(-c3cc(C=CC(=O)O)cc(C=CC(=O)O)c3OC(F)(F)F)cc21. The van der Waals surface area contributed by atoms with Crippen molar-refractivity contribution < 1.29 is 42.5 Å². The smallest absolute Gasteiger partial charge is 0.478 e. The molecule has 0 unspecified atom stereocenters. The molecule has 0 atom stereocenters. The number of aryl methyl sites for hydroxylation is 1. The first-order valence-corrected chi connectivity index (χ1v) is 11.3. The Bertz CT molecular complexity index is 1320. The van der Waals surface area contributed by atoms with Crippen molar-refractivity contribution in [1.29, 1.82) is 0 Å². The van der Waals surface area contributed by atoms with Gasteiger partial charge in [-0.1, -0.05) is 19.9 Å². The number of carbonyl (C=O) groups excluding carboxylic acids is 1. The van der Waals surface area contributed by atoms with Gasteiger partial charge in [0.25, 0.3) is 0 Å². The zero-order chi connectivity index (χ0) is 27.7. The molecular formula is C27H26F3NO6. The van der Waals surface area contributed by atoms with Gasteiger partial charge < -0.3 is 19.8 Å². The quantitative estimate of drug-likeness (QED) is 0.451.